The van der Waals surface area contributed by atoms with Crippen LogP contribution in [0, 0.1) is 5.82 Å². The molecule has 7 nitrogen and oxygen atoms in total. The summed E-state index contributed by atoms with van der Waals surface area (Å²) in [6.45, 7) is -0.591. The fraction of sp³-hybridized carbons (Fsp3) is 0.273. The molecule has 0 saturated heterocycles. The van der Waals surface area contributed by atoms with Gasteiger partial charge in [0, 0.05) is 18.4 Å². The second kappa shape index (κ2) is 11.5. The van der Waals surface area contributed by atoms with Crippen molar-refractivity contribution in [2.75, 3.05) is 13.7 Å². The van der Waals surface area contributed by atoms with Crippen molar-refractivity contribution in [2.45, 2.75) is 25.3 Å². The van der Waals surface area contributed by atoms with Gasteiger partial charge in [-0.3, -0.25) is 14.4 Å². The number of rotatable bonds is 10. The van der Waals surface area contributed by atoms with Crippen LogP contribution in [-0.2, 0) is 30.3 Å². The summed E-state index contributed by atoms with van der Waals surface area (Å²) < 4.78 is 22.4. The van der Waals surface area contributed by atoms with Gasteiger partial charge < -0.3 is 14.8 Å². The Hall–Kier alpha value is -3.55. The minimum Gasteiger partial charge on any atom is -0.467 e. The topological polar surface area (TPSA) is 98.8 Å². The van der Waals surface area contributed by atoms with Crippen LogP contribution in [0.1, 0.15) is 28.8 Å². The maximum atomic E-state index is 12.9. The number of nitrogens with one attached hydrogen (secondary N) is 1. The van der Waals surface area contributed by atoms with Crippen molar-refractivity contribution in [1.29, 1.82) is 0 Å². The average Bonchev–Trinajstić information content (AvgIpc) is 2.76. The van der Waals surface area contributed by atoms with E-state index in [1.165, 1.54) is 19.2 Å². The van der Waals surface area contributed by atoms with E-state index in [0.717, 1.165) is 17.7 Å². The molecule has 158 valence electrons. The van der Waals surface area contributed by atoms with E-state index in [0.29, 0.717) is 0 Å². The van der Waals surface area contributed by atoms with Crippen LogP contribution in [0.4, 0.5) is 4.39 Å². The van der Waals surface area contributed by atoms with Crippen molar-refractivity contribution in [2.24, 2.45) is 0 Å². The number of amides is 1. The standard InChI is InChI=1S/C22H22FNO6/c1-29-22(28)18(13-15-5-3-2-4-6-15)24-20(26)14-30-21(27)12-11-19(25)16-7-9-17(23)10-8-16/h2-10,18H,11-14H2,1H3,(H,24,26)/t18-/m1/s1. The lowest BCUT2D eigenvalue weighted by Gasteiger charge is -2.16. The smallest absolute Gasteiger partial charge is 0.328 e. The monoisotopic (exact) mass is 415 g/mol. The third-order valence-corrected chi connectivity index (χ3v) is 4.19. The first kappa shape index (κ1) is 22.7. The van der Waals surface area contributed by atoms with Crippen molar-refractivity contribution in [3.8, 4) is 0 Å². The van der Waals surface area contributed by atoms with E-state index in [2.05, 4.69) is 5.32 Å². The summed E-state index contributed by atoms with van der Waals surface area (Å²) in [5.74, 6) is -2.83. The maximum Gasteiger partial charge on any atom is 0.328 e. The number of halogens is 1. The first-order valence-electron chi connectivity index (χ1n) is 9.24. The molecular formula is C22H22FNO6. The molecule has 2 rings (SSSR count). The highest BCUT2D eigenvalue weighted by molar-refractivity contribution is 5.97. The van der Waals surface area contributed by atoms with Crippen LogP contribution < -0.4 is 5.32 Å². The summed E-state index contributed by atoms with van der Waals surface area (Å²) in [4.78, 5) is 47.7. The zero-order valence-electron chi connectivity index (χ0n) is 16.4. The normalized spacial score (nSPS) is 11.3. The molecule has 1 N–H and O–H groups in total. The molecule has 0 aliphatic heterocycles. The molecule has 0 bridgehead atoms. The number of ketones is 1. The van der Waals surface area contributed by atoms with E-state index in [4.69, 9.17) is 9.47 Å². The average molecular weight is 415 g/mol. The summed E-state index contributed by atoms with van der Waals surface area (Å²) in [6, 6.07) is 13.1. The molecule has 1 amide bonds. The van der Waals surface area contributed by atoms with E-state index in [1.807, 2.05) is 6.07 Å². The SMILES string of the molecule is COC(=O)[C@@H](Cc1ccccc1)NC(=O)COC(=O)CCC(=O)c1ccc(F)cc1. The number of hydrogen-bond acceptors (Lipinski definition) is 6. The Balaban J connectivity index is 1.78. The van der Waals surface area contributed by atoms with E-state index >= 15 is 0 Å². The second-order valence-electron chi connectivity index (χ2n) is 6.42. The number of Topliss-reactive ketones (excluding diaryl/α,β-unsaturated/α-hetero) is 1. The van der Waals surface area contributed by atoms with Gasteiger partial charge in [-0.1, -0.05) is 30.3 Å². The fourth-order valence-corrected chi connectivity index (χ4v) is 2.64. The molecular weight excluding hydrogens is 393 g/mol. The van der Waals surface area contributed by atoms with Crippen molar-refractivity contribution in [3.63, 3.8) is 0 Å². The predicted octanol–water partition coefficient (Wildman–Crippen LogP) is 2.23. The van der Waals surface area contributed by atoms with Crippen LogP contribution in [-0.4, -0.2) is 43.4 Å². The molecule has 0 saturated carbocycles. The van der Waals surface area contributed by atoms with Gasteiger partial charge in [-0.25, -0.2) is 9.18 Å². The van der Waals surface area contributed by atoms with Gasteiger partial charge in [0.05, 0.1) is 13.5 Å². The van der Waals surface area contributed by atoms with Crippen LogP contribution in [0.15, 0.2) is 54.6 Å². The summed E-state index contributed by atoms with van der Waals surface area (Å²) in [6.07, 6.45) is -0.141. The minimum absolute atomic E-state index is 0.134. The van der Waals surface area contributed by atoms with Crippen molar-refractivity contribution < 1.29 is 33.0 Å². The Labute approximate surface area is 173 Å². The van der Waals surface area contributed by atoms with Gasteiger partial charge in [0.2, 0.25) is 0 Å². The van der Waals surface area contributed by atoms with Gasteiger partial charge >= 0.3 is 11.9 Å². The van der Waals surface area contributed by atoms with E-state index in [9.17, 15) is 23.6 Å². The number of benzene rings is 2. The summed E-state index contributed by atoms with van der Waals surface area (Å²) >= 11 is 0. The molecule has 0 spiro atoms. The lowest BCUT2D eigenvalue weighted by Crippen LogP contribution is -2.44. The Morgan fingerprint density at radius 2 is 1.63 bits per heavy atom. The fourth-order valence-electron chi connectivity index (χ4n) is 2.64. The number of hydrogen-bond donors (Lipinski definition) is 1. The summed E-state index contributed by atoms with van der Waals surface area (Å²) in [5, 5.41) is 2.47. The number of ether oxygens (including phenoxy) is 2. The Morgan fingerprint density at radius 3 is 2.27 bits per heavy atom. The van der Waals surface area contributed by atoms with Gasteiger partial charge in [0.1, 0.15) is 11.9 Å². The van der Waals surface area contributed by atoms with Crippen molar-refractivity contribution >= 4 is 23.6 Å². The predicted molar refractivity (Wildman–Crippen MR) is 105 cm³/mol. The molecule has 30 heavy (non-hydrogen) atoms. The molecule has 0 fully saturated rings. The molecule has 1 atom stereocenters. The first-order chi connectivity index (χ1) is 14.4. The van der Waals surface area contributed by atoms with Gasteiger partial charge in [-0.15, -0.1) is 0 Å². The van der Waals surface area contributed by atoms with Crippen LogP contribution >= 0.6 is 0 Å². The third kappa shape index (κ3) is 7.46. The number of esters is 2. The lowest BCUT2D eigenvalue weighted by molar-refractivity contribution is -0.150. The van der Waals surface area contributed by atoms with Crippen LogP contribution in [0.2, 0.25) is 0 Å². The quantitative estimate of drug-likeness (QED) is 0.472. The van der Waals surface area contributed by atoms with Crippen LogP contribution in [0.5, 0.6) is 0 Å². The minimum atomic E-state index is -0.927. The Morgan fingerprint density at radius 1 is 0.967 bits per heavy atom. The zero-order chi connectivity index (χ0) is 21.9. The molecule has 0 aromatic heterocycles. The number of carbonyl (C=O) groups excluding carboxylic acids is 4. The van der Waals surface area contributed by atoms with Gasteiger partial charge in [-0.2, -0.15) is 0 Å². The highest BCUT2D eigenvalue weighted by Crippen LogP contribution is 2.08. The molecule has 0 radical (unpaired) electrons. The molecule has 2 aromatic rings. The first-order valence-corrected chi connectivity index (χ1v) is 9.24. The number of methoxy groups -OCH3 is 1. The Bertz CT molecular complexity index is 882. The van der Waals surface area contributed by atoms with Crippen LogP contribution in [0.25, 0.3) is 0 Å². The molecule has 0 aliphatic rings. The lowest BCUT2D eigenvalue weighted by atomic mass is 10.1. The molecule has 0 unspecified atom stereocenters. The van der Waals surface area contributed by atoms with Crippen molar-refractivity contribution in [3.05, 3.63) is 71.5 Å². The molecule has 8 heteroatoms. The highest BCUT2D eigenvalue weighted by Gasteiger charge is 2.22. The number of carbonyl (C=O) groups is 4. The zero-order valence-corrected chi connectivity index (χ0v) is 16.4. The van der Waals surface area contributed by atoms with E-state index < -0.39 is 36.3 Å². The van der Waals surface area contributed by atoms with E-state index in [1.54, 1.807) is 24.3 Å². The van der Waals surface area contributed by atoms with Crippen LogP contribution in [0.3, 0.4) is 0 Å². The molecule has 2 aromatic carbocycles. The van der Waals surface area contributed by atoms with Crippen molar-refractivity contribution in [1.82, 2.24) is 5.32 Å². The second-order valence-corrected chi connectivity index (χ2v) is 6.42. The highest BCUT2D eigenvalue weighted by atomic mass is 19.1. The van der Waals surface area contributed by atoms with Gasteiger partial charge in [0.15, 0.2) is 12.4 Å². The summed E-state index contributed by atoms with van der Waals surface area (Å²) in [7, 11) is 1.21. The summed E-state index contributed by atoms with van der Waals surface area (Å²) in [5.41, 5.74) is 1.10. The largest absolute Gasteiger partial charge is 0.467 e. The third-order valence-electron chi connectivity index (χ3n) is 4.19. The van der Waals surface area contributed by atoms with E-state index in [-0.39, 0.29) is 30.6 Å². The Kier molecular flexibility index (Phi) is 8.68. The van der Waals surface area contributed by atoms with Gasteiger partial charge in [0.25, 0.3) is 5.91 Å². The maximum absolute atomic E-state index is 12.9. The molecule has 0 aliphatic carbocycles. The molecule has 0 heterocycles. The van der Waals surface area contributed by atoms with Gasteiger partial charge in [-0.05, 0) is 29.8 Å².